The molecule has 6 nitrogen and oxygen atoms in total. The van der Waals surface area contributed by atoms with Crippen LogP contribution in [-0.4, -0.2) is 46.9 Å². The molecule has 0 aromatic rings. The fraction of sp³-hybridized carbons (Fsp3) is 0.769. The fourth-order valence-electron chi connectivity index (χ4n) is 1.94. The van der Waals surface area contributed by atoms with Crippen molar-refractivity contribution >= 4 is 17.8 Å². The van der Waals surface area contributed by atoms with E-state index in [1.54, 1.807) is 0 Å². The van der Waals surface area contributed by atoms with E-state index in [9.17, 15) is 14.4 Å². The Kier molecular flexibility index (Phi) is 6.32. The second-order valence-electron chi connectivity index (χ2n) is 4.94. The van der Waals surface area contributed by atoms with E-state index < -0.39 is 5.97 Å². The van der Waals surface area contributed by atoms with Crippen LogP contribution in [-0.2, 0) is 14.4 Å². The van der Waals surface area contributed by atoms with Gasteiger partial charge in [0.15, 0.2) is 0 Å². The number of hydrogen-bond donors (Lipinski definition) is 2. The first-order valence-electron chi connectivity index (χ1n) is 6.76. The van der Waals surface area contributed by atoms with Gasteiger partial charge in [0.25, 0.3) is 0 Å². The number of carboxylic acid groups (broad SMARTS) is 1. The number of carbonyl (C=O) groups is 3. The molecule has 1 saturated carbocycles. The van der Waals surface area contributed by atoms with Crippen LogP contribution < -0.4 is 5.32 Å². The van der Waals surface area contributed by atoms with Gasteiger partial charge in [-0.05, 0) is 25.7 Å². The second-order valence-corrected chi connectivity index (χ2v) is 4.94. The molecule has 0 radical (unpaired) electrons. The molecule has 1 aliphatic carbocycles. The van der Waals surface area contributed by atoms with Gasteiger partial charge in [-0.15, -0.1) is 0 Å². The van der Waals surface area contributed by atoms with Gasteiger partial charge in [-0.1, -0.05) is 6.42 Å². The van der Waals surface area contributed by atoms with Gasteiger partial charge in [-0.2, -0.15) is 0 Å². The molecule has 2 N–H and O–H groups in total. The second kappa shape index (κ2) is 7.76. The van der Waals surface area contributed by atoms with Gasteiger partial charge in [0, 0.05) is 25.9 Å². The fourth-order valence-corrected chi connectivity index (χ4v) is 1.94. The summed E-state index contributed by atoms with van der Waals surface area (Å²) in [5.74, 6) is -1.06. The normalized spacial score (nSPS) is 13.9. The molecule has 0 heterocycles. The number of unbranched alkanes of at least 4 members (excludes halogenated alkanes) is 2. The zero-order valence-electron chi connectivity index (χ0n) is 11.4. The maximum atomic E-state index is 11.9. The lowest BCUT2D eigenvalue weighted by molar-refractivity contribution is -0.145. The molecule has 0 unspecified atom stereocenters. The Morgan fingerprint density at radius 3 is 2.42 bits per heavy atom. The average molecular weight is 270 g/mol. The van der Waals surface area contributed by atoms with Crippen molar-refractivity contribution in [3.05, 3.63) is 0 Å². The Labute approximate surface area is 113 Å². The van der Waals surface area contributed by atoms with E-state index in [2.05, 4.69) is 5.32 Å². The summed E-state index contributed by atoms with van der Waals surface area (Å²) in [4.78, 5) is 34.7. The predicted octanol–water partition coefficient (Wildman–Crippen LogP) is 0.758. The van der Waals surface area contributed by atoms with Crippen LogP contribution in [0.15, 0.2) is 0 Å². The average Bonchev–Trinajstić information content (AvgIpc) is 3.13. The molecule has 19 heavy (non-hydrogen) atoms. The van der Waals surface area contributed by atoms with E-state index in [1.807, 2.05) is 0 Å². The summed E-state index contributed by atoms with van der Waals surface area (Å²) < 4.78 is 0. The van der Waals surface area contributed by atoms with Crippen molar-refractivity contribution in [3.63, 3.8) is 0 Å². The van der Waals surface area contributed by atoms with Crippen molar-refractivity contribution in [1.29, 1.82) is 0 Å². The number of amides is 2. The van der Waals surface area contributed by atoms with Gasteiger partial charge in [-0.3, -0.25) is 14.4 Å². The Balaban J connectivity index is 2.14. The molecule has 0 aromatic carbocycles. The first-order chi connectivity index (χ1) is 9.00. The summed E-state index contributed by atoms with van der Waals surface area (Å²) in [6.07, 6.45) is 4.67. The minimum atomic E-state index is -0.953. The van der Waals surface area contributed by atoms with Crippen LogP contribution in [0.2, 0.25) is 0 Å². The molecule has 0 spiro atoms. The monoisotopic (exact) mass is 270 g/mol. The summed E-state index contributed by atoms with van der Waals surface area (Å²) in [7, 11) is 0. The maximum Gasteiger partial charge on any atom is 0.323 e. The van der Waals surface area contributed by atoms with E-state index in [0.29, 0.717) is 13.0 Å². The van der Waals surface area contributed by atoms with Crippen LogP contribution in [0.4, 0.5) is 0 Å². The Bertz CT molecular complexity index is 340. The molecule has 108 valence electrons. The van der Waals surface area contributed by atoms with E-state index in [-0.39, 0.29) is 24.4 Å². The van der Waals surface area contributed by atoms with Gasteiger partial charge in [0.1, 0.15) is 6.54 Å². The standard InChI is InChI=1S/C13H22N2O4/c1-10(16)14-8-4-2-3-5-12(17)15(9-13(18)19)11-6-7-11/h11H,2-9H2,1H3,(H,14,16)(H,18,19). The maximum absolute atomic E-state index is 11.9. The van der Waals surface area contributed by atoms with Gasteiger partial charge < -0.3 is 15.3 Å². The molecule has 6 heteroatoms. The topological polar surface area (TPSA) is 86.7 Å². The lowest BCUT2D eigenvalue weighted by Gasteiger charge is -2.20. The Morgan fingerprint density at radius 1 is 1.21 bits per heavy atom. The van der Waals surface area contributed by atoms with E-state index in [4.69, 9.17) is 5.11 Å². The number of hydrogen-bond acceptors (Lipinski definition) is 3. The van der Waals surface area contributed by atoms with Crippen LogP contribution in [0, 0.1) is 0 Å². The molecule has 2 amide bonds. The minimum Gasteiger partial charge on any atom is -0.480 e. The lowest BCUT2D eigenvalue weighted by atomic mass is 10.1. The van der Waals surface area contributed by atoms with Gasteiger partial charge in [-0.25, -0.2) is 0 Å². The number of carboxylic acids is 1. The SMILES string of the molecule is CC(=O)NCCCCCC(=O)N(CC(=O)O)C1CC1. The highest BCUT2D eigenvalue weighted by Crippen LogP contribution is 2.27. The van der Waals surface area contributed by atoms with Crippen molar-refractivity contribution in [3.8, 4) is 0 Å². The van der Waals surface area contributed by atoms with Gasteiger partial charge >= 0.3 is 5.97 Å². The highest BCUT2D eigenvalue weighted by atomic mass is 16.4. The molecule has 1 rings (SSSR count). The van der Waals surface area contributed by atoms with Crippen LogP contribution >= 0.6 is 0 Å². The highest BCUT2D eigenvalue weighted by Gasteiger charge is 2.33. The third-order valence-corrected chi connectivity index (χ3v) is 3.05. The minimum absolute atomic E-state index is 0.0440. The molecule has 1 aliphatic rings. The van der Waals surface area contributed by atoms with Crippen molar-refractivity contribution in [1.82, 2.24) is 10.2 Å². The number of nitrogens with zero attached hydrogens (tertiary/aromatic N) is 1. The van der Waals surface area contributed by atoms with Crippen LogP contribution in [0.25, 0.3) is 0 Å². The molecule has 0 atom stereocenters. The van der Waals surface area contributed by atoms with Crippen LogP contribution in [0.3, 0.4) is 0 Å². The molecular formula is C13H22N2O4. The molecule has 0 bridgehead atoms. The molecule has 0 aromatic heterocycles. The summed E-state index contributed by atoms with van der Waals surface area (Å²) >= 11 is 0. The number of carbonyl (C=O) groups excluding carboxylic acids is 2. The summed E-state index contributed by atoms with van der Waals surface area (Å²) in [6, 6.07) is 0.142. The summed E-state index contributed by atoms with van der Waals surface area (Å²) in [5, 5.41) is 11.5. The third-order valence-electron chi connectivity index (χ3n) is 3.05. The Hall–Kier alpha value is -1.59. The smallest absolute Gasteiger partial charge is 0.323 e. The predicted molar refractivity (Wildman–Crippen MR) is 69.5 cm³/mol. The zero-order chi connectivity index (χ0) is 14.3. The summed E-state index contributed by atoms with van der Waals surface area (Å²) in [6.45, 7) is 1.92. The first-order valence-corrected chi connectivity index (χ1v) is 6.76. The number of nitrogens with one attached hydrogen (secondary N) is 1. The van der Waals surface area contributed by atoms with Crippen molar-refractivity contribution in [2.45, 2.75) is 51.5 Å². The number of rotatable bonds is 9. The van der Waals surface area contributed by atoms with Crippen LogP contribution in [0.1, 0.15) is 45.4 Å². The Morgan fingerprint density at radius 2 is 1.89 bits per heavy atom. The van der Waals surface area contributed by atoms with Crippen LogP contribution in [0.5, 0.6) is 0 Å². The first kappa shape index (κ1) is 15.5. The molecule has 0 aliphatic heterocycles. The zero-order valence-corrected chi connectivity index (χ0v) is 11.4. The van der Waals surface area contributed by atoms with Gasteiger partial charge in [0.05, 0.1) is 0 Å². The third kappa shape index (κ3) is 6.79. The van der Waals surface area contributed by atoms with Gasteiger partial charge in [0.2, 0.25) is 11.8 Å². The lowest BCUT2D eigenvalue weighted by Crippen LogP contribution is -2.37. The quantitative estimate of drug-likeness (QED) is 0.605. The summed E-state index contributed by atoms with van der Waals surface area (Å²) in [5.41, 5.74) is 0. The number of aliphatic carboxylic acids is 1. The van der Waals surface area contributed by atoms with E-state index in [1.165, 1.54) is 11.8 Å². The highest BCUT2D eigenvalue weighted by molar-refractivity contribution is 5.81. The van der Waals surface area contributed by atoms with E-state index in [0.717, 1.165) is 32.1 Å². The molecule has 1 fully saturated rings. The van der Waals surface area contributed by atoms with Crippen molar-refractivity contribution < 1.29 is 19.5 Å². The van der Waals surface area contributed by atoms with E-state index >= 15 is 0 Å². The van der Waals surface area contributed by atoms with Crippen molar-refractivity contribution in [2.24, 2.45) is 0 Å². The van der Waals surface area contributed by atoms with Crippen molar-refractivity contribution in [2.75, 3.05) is 13.1 Å². The largest absolute Gasteiger partial charge is 0.480 e. The molecule has 0 saturated heterocycles. The molecular weight excluding hydrogens is 248 g/mol.